The third-order valence-electron chi connectivity index (χ3n) is 4.49. The largest absolute Gasteiger partial charge is 0.379 e. The Labute approximate surface area is 137 Å². The van der Waals surface area contributed by atoms with E-state index in [9.17, 15) is 4.79 Å². The summed E-state index contributed by atoms with van der Waals surface area (Å²) in [5, 5.41) is 4.20. The summed E-state index contributed by atoms with van der Waals surface area (Å²) in [5.41, 5.74) is 2.55. The molecule has 1 unspecified atom stereocenters. The van der Waals surface area contributed by atoms with Crippen molar-refractivity contribution in [2.75, 3.05) is 39.9 Å². The molecule has 1 fully saturated rings. The number of aromatic nitrogens is 1. The minimum atomic E-state index is 0.154. The van der Waals surface area contributed by atoms with Crippen LogP contribution in [-0.4, -0.2) is 55.3 Å². The average molecular weight is 315 g/mol. The summed E-state index contributed by atoms with van der Waals surface area (Å²) < 4.78 is 7.84. The van der Waals surface area contributed by atoms with E-state index in [1.54, 1.807) is 7.05 Å². The molecule has 2 heterocycles. The van der Waals surface area contributed by atoms with E-state index in [4.69, 9.17) is 4.74 Å². The van der Waals surface area contributed by atoms with Gasteiger partial charge in [-0.2, -0.15) is 0 Å². The number of fused-ring (bicyclic) bond motifs is 1. The van der Waals surface area contributed by atoms with E-state index in [1.807, 2.05) is 4.90 Å². The van der Waals surface area contributed by atoms with Gasteiger partial charge in [-0.05, 0) is 42.6 Å². The number of ether oxygens (including phenoxy) is 1. The van der Waals surface area contributed by atoms with Gasteiger partial charge in [0.15, 0.2) is 0 Å². The molecule has 0 spiro atoms. The maximum Gasteiger partial charge on any atom is 0.236 e. The van der Waals surface area contributed by atoms with E-state index in [0.717, 1.165) is 19.6 Å². The molecule has 1 saturated heterocycles. The molecule has 0 radical (unpaired) electrons. The van der Waals surface area contributed by atoms with Gasteiger partial charge in [-0.1, -0.05) is 6.07 Å². The lowest BCUT2D eigenvalue weighted by Gasteiger charge is -2.23. The molecule has 1 aromatic carbocycles. The molecule has 2 aromatic rings. The number of aryl methyl sites for hydroxylation is 1. The zero-order valence-electron chi connectivity index (χ0n) is 13.9. The van der Waals surface area contributed by atoms with Crippen LogP contribution in [0.25, 0.3) is 10.9 Å². The molecule has 1 aliphatic heterocycles. The van der Waals surface area contributed by atoms with Gasteiger partial charge in [-0.15, -0.1) is 0 Å². The smallest absolute Gasteiger partial charge is 0.236 e. The van der Waals surface area contributed by atoms with Gasteiger partial charge in [0.05, 0.1) is 19.8 Å². The molecule has 124 valence electrons. The van der Waals surface area contributed by atoms with Crippen LogP contribution in [0.15, 0.2) is 30.5 Å². The zero-order chi connectivity index (χ0) is 16.2. The van der Waals surface area contributed by atoms with Crippen molar-refractivity contribution in [3.05, 3.63) is 36.0 Å². The molecule has 0 aliphatic carbocycles. The fourth-order valence-corrected chi connectivity index (χ4v) is 3.28. The zero-order valence-corrected chi connectivity index (χ0v) is 13.9. The monoisotopic (exact) mass is 315 g/mol. The summed E-state index contributed by atoms with van der Waals surface area (Å²) in [6.07, 6.45) is 3.02. The lowest BCUT2D eigenvalue weighted by Crippen LogP contribution is -2.40. The van der Waals surface area contributed by atoms with E-state index >= 15 is 0 Å². The highest BCUT2D eigenvalue weighted by atomic mass is 16.5. The number of nitrogens with zero attached hydrogens (tertiary/aromatic N) is 2. The maximum absolute atomic E-state index is 12.1. The molecule has 1 atom stereocenters. The fraction of sp³-hybridized carbons (Fsp3) is 0.500. The standard InChI is InChI=1S/C18H25N3O2/c1-19-11-18(22)21-7-8-23-13-15(12-21)9-14-3-4-17-16(10-14)5-6-20(17)2/h3-6,10,15,19H,7-9,11-13H2,1-2H3. The number of hydrogen-bond donors (Lipinski definition) is 1. The number of carbonyl (C=O) groups is 1. The number of carbonyl (C=O) groups excluding carboxylic acids is 1. The highest BCUT2D eigenvalue weighted by Crippen LogP contribution is 2.20. The second-order valence-electron chi connectivity index (χ2n) is 6.33. The van der Waals surface area contributed by atoms with Gasteiger partial charge in [0.1, 0.15) is 0 Å². The number of rotatable bonds is 4. The Hall–Kier alpha value is -1.85. The molecule has 5 heteroatoms. The molecule has 5 nitrogen and oxygen atoms in total. The van der Waals surface area contributed by atoms with Gasteiger partial charge < -0.3 is 19.5 Å². The molecule has 1 N–H and O–H groups in total. The van der Waals surface area contributed by atoms with E-state index in [-0.39, 0.29) is 5.91 Å². The Morgan fingerprint density at radius 1 is 1.39 bits per heavy atom. The molecule has 1 aromatic heterocycles. The van der Waals surface area contributed by atoms with Gasteiger partial charge in [-0.3, -0.25) is 4.79 Å². The summed E-state index contributed by atoms with van der Waals surface area (Å²) in [7, 11) is 3.87. The van der Waals surface area contributed by atoms with E-state index < -0.39 is 0 Å². The van der Waals surface area contributed by atoms with Crippen LogP contribution in [0.5, 0.6) is 0 Å². The Kier molecular flexibility index (Phi) is 4.98. The first-order valence-corrected chi connectivity index (χ1v) is 8.21. The third kappa shape index (κ3) is 3.74. The summed E-state index contributed by atoms with van der Waals surface area (Å²) in [5.74, 6) is 0.501. The first kappa shape index (κ1) is 16.0. The Balaban J connectivity index is 1.70. The first-order chi connectivity index (χ1) is 11.2. The second kappa shape index (κ2) is 7.15. The van der Waals surface area contributed by atoms with Crippen molar-refractivity contribution in [3.8, 4) is 0 Å². The number of amides is 1. The van der Waals surface area contributed by atoms with Crippen LogP contribution in [0, 0.1) is 5.92 Å². The predicted molar refractivity (Wildman–Crippen MR) is 91.4 cm³/mol. The molecule has 1 aliphatic rings. The van der Waals surface area contributed by atoms with Crippen LogP contribution >= 0.6 is 0 Å². The van der Waals surface area contributed by atoms with Crippen molar-refractivity contribution in [2.45, 2.75) is 6.42 Å². The van der Waals surface area contributed by atoms with Crippen LogP contribution < -0.4 is 5.32 Å². The molecule has 23 heavy (non-hydrogen) atoms. The lowest BCUT2D eigenvalue weighted by molar-refractivity contribution is -0.130. The summed E-state index contributed by atoms with van der Waals surface area (Å²) in [6.45, 7) is 3.20. The summed E-state index contributed by atoms with van der Waals surface area (Å²) in [6, 6.07) is 8.75. The Morgan fingerprint density at radius 2 is 2.26 bits per heavy atom. The third-order valence-corrected chi connectivity index (χ3v) is 4.49. The summed E-state index contributed by atoms with van der Waals surface area (Å²) >= 11 is 0. The molecule has 0 bridgehead atoms. The molecule has 1 amide bonds. The normalized spacial score (nSPS) is 19.0. The number of nitrogens with one attached hydrogen (secondary N) is 1. The Morgan fingerprint density at radius 3 is 3.09 bits per heavy atom. The van der Waals surface area contributed by atoms with Crippen LogP contribution in [0.3, 0.4) is 0 Å². The molecular weight excluding hydrogens is 290 g/mol. The van der Waals surface area contributed by atoms with Gasteiger partial charge in [0, 0.05) is 37.8 Å². The van der Waals surface area contributed by atoms with Crippen LogP contribution in [0.1, 0.15) is 5.56 Å². The highest BCUT2D eigenvalue weighted by molar-refractivity contribution is 5.80. The van der Waals surface area contributed by atoms with Gasteiger partial charge >= 0.3 is 0 Å². The average Bonchev–Trinajstić information content (AvgIpc) is 2.76. The van der Waals surface area contributed by atoms with Crippen LogP contribution in [-0.2, 0) is 23.0 Å². The molecule has 3 rings (SSSR count). The van der Waals surface area contributed by atoms with Crippen molar-refractivity contribution in [2.24, 2.45) is 13.0 Å². The number of hydrogen-bond acceptors (Lipinski definition) is 3. The van der Waals surface area contributed by atoms with Gasteiger partial charge in [-0.25, -0.2) is 0 Å². The van der Waals surface area contributed by atoms with Gasteiger partial charge in [0.2, 0.25) is 5.91 Å². The topological polar surface area (TPSA) is 46.5 Å². The van der Waals surface area contributed by atoms with Crippen LogP contribution in [0.4, 0.5) is 0 Å². The van der Waals surface area contributed by atoms with Crippen molar-refractivity contribution in [1.82, 2.24) is 14.8 Å². The van der Waals surface area contributed by atoms with Crippen molar-refractivity contribution in [1.29, 1.82) is 0 Å². The van der Waals surface area contributed by atoms with E-state index in [0.29, 0.717) is 25.6 Å². The second-order valence-corrected chi connectivity index (χ2v) is 6.33. The minimum absolute atomic E-state index is 0.154. The SMILES string of the molecule is CNCC(=O)N1CCOCC(Cc2ccc3c(ccn3C)c2)C1. The highest BCUT2D eigenvalue weighted by Gasteiger charge is 2.22. The number of likely N-dealkylation sites (N-methyl/N-ethyl adjacent to an activating group) is 1. The Bertz CT molecular complexity index is 680. The van der Waals surface area contributed by atoms with Crippen molar-refractivity contribution in [3.63, 3.8) is 0 Å². The first-order valence-electron chi connectivity index (χ1n) is 8.21. The summed E-state index contributed by atoms with van der Waals surface area (Å²) in [4.78, 5) is 14.1. The van der Waals surface area contributed by atoms with Crippen molar-refractivity contribution >= 4 is 16.8 Å². The maximum atomic E-state index is 12.1. The predicted octanol–water partition coefficient (Wildman–Crippen LogP) is 1.42. The quantitative estimate of drug-likeness (QED) is 0.928. The molecule has 0 saturated carbocycles. The van der Waals surface area contributed by atoms with E-state index in [2.05, 4.69) is 47.4 Å². The minimum Gasteiger partial charge on any atom is -0.379 e. The molecular formula is C18H25N3O2. The number of benzene rings is 1. The van der Waals surface area contributed by atoms with Gasteiger partial charge in [0.25, 0.3) is 0 Å². The van der Waals surface area contributed by atoms with E-state index in [1.165, 1.54) is 16.5 Å². The fourth-order valence-electron chi connectivity index (χ4n) is 3.28. The van der Waals surface area contributed by atoms with Crippen LogP contribution in [0.2, 0.25) is 0 Å². The van der Waals surface area contributed by atoms with Crippen molar-refractivity contribution < 1.29 is 9.53 Å². The lowest BCUT2D eigenvalue weighted by atomic mass is 9.98.